The fourth-order valence-corrected chi connectivity index (χ4v) is 4.05. The zero-order chi connectivity index (χ0) is 22.1. The second-order valence-electron chi connectivity index (χ2n) is 7.70. The lowest BCUT2D eigenvalue weighted by molar-refractivity contribution is -0.122. The molecule has 0 saturated heterocycles. The highest BCUT2D eigenvalue weighted by atomic mass is 16.2. The van der Waals surface area contributed by atoms with E-state index in [0.717, 1.165) is 22.4 Å². The molecular formula is C25H21N5O2. The normalized spacial score (nSPS) is 15.2. The molecule has 1 aliphatic rings. The maximum atomic E-state index is 13.5. The standard InChI is InChI=1S/C25H21N5O2/c26-22(31)21-15-18-11-7-8-12-19(18)16-29(21)25(32)23-27-24(17-9-3-1-4-10-17)30(28-23)20-13-5-2-6-14-20/h1-14,21H,15-16H2,(H2,26,31)/t21-/m1/s1. The first-order chi connectivity index (χ1) is 15.6. The van der Waals surface area contributed by atoms with E-state index in [2.05, 4.69) is 10.1 Å². The average molecular weight is 423 g/mol. The Labute approximate surface area is 185 Å². The van der Waals surface area contributed by atoms with Crippen LogP contribution in [0.2, 0.25) is 0 Å². The van der Waals surface area contributed by atoms with E-state index >= 15 is 0 Å². The largest absolute Gasteiger partial charge is 0.368 e. The Balaban J connectivity index is 1.58. The molecule has 0 saturated carbocycles. The number of benzene rings is 3. The van der Waals surface area contributed by atoms with Crippen molar-refractivity contribution in [3.63, 3.8) is 0 Å². The molecule has 3 aromatic carbocycles. The van der Waals surface area contributed by atoms with E-state index in [1.165, 1.54) is 4.90 Å². The van der Waals surface area contributed by atoms with E-state index in [4.69, 9.17) is 5.73 Å². The molecule has 1 aromatic heterocycles. The molecule has 1 atom stereocenters. The van der Waals surface area contributed by atoms with Gasteiger partial charge < -0.3 is 10.6 Å². The van der Waals surface area contributed by atoms with Crippen molar-refractivity contribution >= 4 is 11.8 Å². The molecule has 32 heavy (non-hydrogen) atoms. The van der Waals surface area contributed by atoms with Gasteiger partial charge in [0.05, 0.1) is 5.69 Å². The van der Waals surface area contributed by atoms with Crippen LogP contribution >= 0.6 is 0 Å². The van der Waals surface area contributed by atoms with Crippen LogP contribution < -0.4 is 5.73 Å². The molecule has 2 N–H and O–H groups in total. The Hall–Kier alpha value is -4.26. The Bertz CT molecular complexity index is 1230. The van der Waals surface area contributed by atoms with E-state index in [0.29, 0.717) is 12.2 Å². The van der Waals surface area contributed by atoms with Crippen molar-refractivity contribution < 1.29 is 9.59 Å². The third kappa shape index (κ3) is 3.54. The monoisotopic (exact) mass is 423 g/mol. The van der Waals surface area contributed by atoms with Crippen LogP contribution in [0.3, 0.4) is 0 Å². The van der Waals surface area contributed by atoms with Gasteiger partial charge in [0.2, 0.25) is 11.7 Å². The van der Waals surface area contributed by atoms with Crippen LogP contribution in [-0.4, -0.2) is 37.5 Å². The van der Waals surface area contributed by atoms with Crippen molar-refractivity contribution in [2.24, 2.45) is 5.73 Å². The van der Waals surface area contributed by atoms with Gasteiger partial charge in [-0.3, -0.25) is 9.59 Å². The molecule has 5 rings (SSSR count). The predicted octanol–water partition coefficient (Wildman–Crippen LogP) is 2.99. The van der Waals surface area contributed by atoms with Crippen LogP contribution in [0.25, 0.3) is 17.1 Å². The topological polar surface area (TPSA) is 94.1 Å². The van der Waals surface area contributed by atoms with Gasteiger partial charge in [-0.1, -0.05) is 72.8 Å². The zero-order valence-corrected chi connectivity index (χ0v) is 17.3. The number of nitrogens with zero attached hydrogens (tertiary/aromatic N) is 4. The first kappa shape index (κ1) is 19.7. The summed E-state index contributed by atoms with van der Waals surface area (Å²) in [6.45, 7) is 0.281. The summed E-state index contributed by atoms with van der Waals surface area (Å²) < 4.78 is 1.65. The number of para-hydroxylation sites is 1. The number of rotatable bonds is 4. The number of carbonyl (C=O) groups is 2. The summed E-state index contributed by atoms with van der Waals surface area (Å²) in [5.74, 6) is -0.389. The third-order valence-electron chi connectivity index (χ3n) is 5.67. The van der Waals surface area contributed by atoms with E-state index in [1.807, 2.05) is 84.9 Å². The molecule has 0 spiro atoms. The minimum atomic E-state index is -0.749. The summed E-state index contributed by atoms with van der Waals surface area (Å²) >= 11 is 0. The van der Waals surface area contributed by atoms with Crippen molar-refractivity contribution in [1.29, 1.82) is 0 Å². The van der Waals surface area contributed by atoms with Crippen molar-refractivity contribution in [2.45, 2.75) is 19.0 Å². The Morgan fingerprint density at radius 2 is 1.47 bits per heavy atom. The molecule has 0 aliphatic carbocycles. The van der Waals surface area contributed by atoms with Crippen LogP contribution in [0.5, 0.6) is 0 Å². The van der Waals surface area contributed by atoms with Gasteiger partial charge in [0.15, 0.2) is 5.82 Å². The fraction of sp³-hybridized carbons (Fsp3) is 0.120. The lowest BCUT2D eigenvalue weighted by atomic mass is 9.93. The summed E-state index contributed by atoms with van der Waals surface area (Å²) in [6.07, 6.45) is 0.377. The van der Waals surface area contributed by atoms with Gasteiger partial charge >= 0.3 is 0 Å². The number of hydrogen-bond donors (Lipinski definition) is 1. The van der Waals surface area contributed by atoms with Crippen LogP contribution in [0, 0.1) is 0 Å². The highest BCUT2D eigenvalue weighted by Crippen LogP contribution is 2.26. The van der Waals surface area contributed by atoms with Crippen LogP contribution in [0.15, 0.2) is 84.9 Å². The van der Waals surface area contributed by atoms with Crippen LogP contribution in [-0.2, 0) is 17.8 Å². The maximum absolute atomic E-state index is 13.5. The minimum absolute atomic E-state index is 0.0262. The molecule has 2 amide bonds. The lowest BCUT2D eigenvalue weighted by Crippen LogP contribution is -2.51. The highest BCUT2D eigenvalue weighted by Gasteiger charge is 2.35. The fourth-order valence-electron chi connectivity index (χ4n) is 4.05. The molecule has 158 valence electrons. The van der Waals surface area contributed by atoms with E-state index in [-0.39, 0.29) is 12.4 Å². The van der Waals surface area contributed by atoms with Gasteiger partial charge in [-0.25, -0.2) is 9.67 Å². The number of fused-ring (bicyclic) bond motifs is 1. The van der Waals surface area contributed by atoms with Crippen molar-refractivity contribution in [1.82, 2.24) is 19.7 Å². The summed E-state index contributed by atoms with van der Waals surface area (Å²) in [4.78, 5) is 31.8. The number of carbonyl (C=O) groups excluding carboxylic acids is 2. The summed E-state index contributed by atoms with van der Waals surface area (Å²) in [5.41, 5.74) is 9.30. The van der Waals surface area contributed by atoms with Crippen molar-refractivity contribution in [3.05, 3.63) is 102 Å². The number of primary amides is 1. The number of nitrogens with two attached hydrogens (primary N) is 1. The molecular weight excluding hydrogens is 402 g/mol. The SMILES string of the molecule is NC(=O)[C@H]1Cc2ccccc2CN1C(=O)c1nc(-c2ccccc2)n(-c2ccccc2)n1. The number of aromatic nitrogens is 3. The van der Waals surface area contributed by atoms with Gasteiger partial charge in [0.1, 0.15) is 6.04 Å². The molecule has 1 aliphatic heterocycles. The second kappa shape index (κ2) is 8.11. The molecule has 0 fully saturated rings. The first-order valence-corrected chi connectivity index (χ1v) is 10.4. The van der Waals surface area contributed by atoms with Gasteiger partial charge in [-0.2, -0.15) is 0 Å². The number of hydrogen-bond acceptors (Lipinski definition) is 4. The molecule has 4 aromatic rings. The molecule has 0 radical (unpaired) electrons. The van der Waals surface area contributed by atoms with Crippen LogP contribution in [0.4, 0.5) is 0 Å². The second-order valence-corrected chi connectivity index (χ2v) is 7.70. The maximum Gasteiger partial charge on any atom is 0.294 e. The van der Waals surface area contributed by atoms with Crippen LogP contribution in [0.1, 0.15) is 21.7 Å². The summed E-state index contributed by atoms with van der Waals surface area (Å²) in [6, 6.07) is 26.1. The van der Waals surface area contributed by atoms with Crippen molar-refractivity contribution in [2.75, 3.05) is 0 Å². The minimum Gasteiger partial charge on any atom is -0.368 e. The molecule has 0 bridgehead atoms. The van der Waals surface area contributed by atoms with Gasteiger partial charge in [0.25, 0.3) is 5.91 Å². The predicted molar refractivity (Wildman–Crippen MR) is 120 cm³/mol. The molecule has 7 nitrogen and oxygen atoms in total. The Kier molecular flexibility index (Phi) is 4.99. The van der Waals surface area contributed by atoms with Crippen molar-refractivity contribution in [3.8, 4) is 17.1 Å². The third-order valence-corrected chi connectivity index (χ3v) is 5.67. The smallest absolute Gasteiger partial charge is 0.294 e. The Morgan fingerprint density at radius 3 is 2.16 bits per heavy atom. The van der Waals surface area contributed by atoms with E-state index in [9.17, 15) is 9.59 Å². The summed E-state index contributed by atoms with van der Waals surface area (Å²) in [5, 5.41) is 4.54. The molecule has 7 heteroatoms. The quantitative estimate of drug-likeness (QED) is 0.546. The van der Waals surface area contributed by atoms with Gasteiger partial charge in [0, 0.05) is 18.5 Å². The Morgan fingerprint density at radius 1 is 0.844 bits per heavy atom. The molecule has 2 heterocycles. The van der Waals surface area contributed by atoms with Gasteiger partial charge in [-0.05, 0) is 23.3 Å². The van der Waals surface area contributed by atoms with E-state index in [1.54, 1.807) is 4.68 Å². The zero-order valence-electron chi connectivity index (χ0n) is 17.3. The molecule has 0 unspecified atom stereocenters. The summed E-state index contributed by atoms with van der Waals surface area (Å²) in [7, 11) is 0. The van der Waals surface area contributed by atoms with Gasteiger partial charge in [-0.15, -0.1) is 5.10 Å². The lowest BCUT2D eigenvalue weighted by Gasteiger charge is -2.34. The first-order valence-electron chi connectivity index (χ1n) is 10.4. The van der Waals surface area contributed by atoms with E-state index < -0.39 is 17.9 Å². The average Bonchev–Trinajstić information content (AvgIpc) is 3.29. The number of amides is 2. The highest BCUT2D eigenvalue weighted by molar-refractivity contribution is 5.95.